The Hall–Kier alpha value is -1.92. The van der Waals surface area contributed by atoms with E-state index in [0.717, 1.165) is 10.5 Å². The Bertz CT molecular complexity index is 477. The third-order valence-corrected chi connectivity index (χ3v) is 3.28. The first-order valence-electron chi connectivity index (χ1n) is 6.56. The number of carbonyl (C=O) groups is 2. The van der Waals surface area contributed by atoms with Crippen molar-refractivity contribution < 1.29 is 19.8 Å². The van der Waals surface area contributed by atoms with E-state index in [1.54, 1.807) is 0 Å². The lowest BCUT2D eigenvalue weighted by molar-refractivity contribution is -0.128. The topological polar surface area (TPSA) is 89.9 Å². The van der Waals surface area contributed by atoms with Gasteiger partial charge in [-0.1, -0.05) is 30.3 Å². The summed E-state index contributed by atoms with van der Waals surface area (Å²) >= 11 is 0. The summed E-state index contributed by atoms with van der Waals surface area (Å²) in [7, 11) is 0. The minimum absolute atomic E-state index is 0.178. The molecule has 2 rings (SSSR count). The molecular formula is C14H18N2O4. The monoisotopic (exact) mass is 278 g/mol. The van der Waals surface area contributed by atoms with Gasteiger partial charge in [0.2, 0.25) is 0 Å². The molecule has 1 saturated heterocycles. The summed E-state index contributed by atoms with van der Waals surface area (Å²) in [4.78, 5) is 24.7. The van der Waals surface area contributed by atoms with Crippen molar-refractivity contribution in [2.24, 2.45) is 0 Å². The van der Waals surface area contributed by atoms with Gasteiger partial charge < -0.3 is 15.5 Å². The third-order valence-electron chi connectivity index (χ3n) is 3.28. The molecule has 6 nitrogen and oxygen atoms in total. The first kappa shape index (κ1) is 14.5. The van der Waals surface area contributed by atoms with Crippen LogP contribution in [0.1, 0.15) is 12.0 Å². The number of hydrogen-bond acceptors (Lipinski definition) is 4. The third kappa shape index (κ3) is 3.34. The number of nitrogens with zero attached hydrogens (tertiary/aromatic N) is 1. The van der Waals surface area contributed by atoms with Crippen molar-refractivity contribution in [3.63, 3.8) is 0 Å². The number of carbonyl (C=O) groups excluding carboxylic acids is 2. The minimum Gasteiger partial charge on any atom is -0.394 e. The maximum absolute atomic E-state index is 12.0. The number of hydrogen-bond donors (Lipinski definition) is 3. The Labute approximate surface area is 117 Å². The molecule has 2 atom stereocenters. The molecule has 1 aliphatic heterocycles. The van der Waals surface area contributed by atoms with Crippen LogP contribution in [-0.2, 0) is 11.2 Å². The predicted octanol–water partition coefficient (Wildman–Crippen LogP) is -0.107. The Balaban J connectivity index is 1.91. The molecule has 1 aliphatic rings. The minimum atomic E-state index is -1.10. The van der Waals surface area contributed by atoms with Gasteiger partial charge in [-0.3, -0.25) is 9.69 Å². The quantitative estimate of drug-likeness (QED) is 0.634. The van der Waals surface area contributed by atoms with E-state index in [4.69, 9.17) is 5.11 Å². The maximum Gasteiger partial charge on any atom is 0.324 e. The van der Waals surface area contributed by atoms with Crippen LogP contribution < -0.4 is 5.32 Å². The molecule has 2 unspecified atom stereocenters. The average Bonchev–Trinajstić information content (AvgIpc) is 2.73. The Morgan fingerprint density at radius 1 is 1.25 bits per heavy atom. The Kier molecular flexibility index (Phi) is 4.70. The molecule has 0 aromatic heterocycles. The summed E-state index contributed by atoms with van der Waals surface area (Å²) in [5.74, 6) is -0.349. The SMILES string of the molecule is O=C1NC(CCc2ccccc2)C(=O)N1CC(O)CO. The van der Waals surface area contributed by atoms with Crippen LogP contribution in [0.2, 0.25) is 0 Å². The van der Waals surface area contributed by atoms with Crippen molar-refractivity contribution in [2.45, 2.75) is 25.0 Å². The number of benzene rings is 1. The molecule has 0 spiro atoms. The zero-order valence-corrected chi connectivity index (χ0v) is 11.0. The van der Waals surface area contributed by atoms with Crippen LogP contribution in [0.15, 0.2) is 30.3 Å². The lowest BCUT2D eigenvalue weighted by Gasteiger charge is -2.15. The van der Waals surface area contributed by atoms with Crippen molar-refractivity contribution in [3.8, 4) is 0 Å². The predicted molar refractivity (Wildman–Crippen MR) is 71.9 cm³/mol. The summed E-state index contributed by atoms with van der Waals surface area (Å²) in [5.41, 5.74) is 1.10. The smallest absolute Gasteiger partial charge is 0.324 e. The van der Waals surface area contributed by atoms with Gasteiger partial charge in [-0.05, 0) is 18.4 Å². The number of aryl methyl sites for hydroxylation is 1. The largest absolute Gasteiger partial charge is 0.394 e. The molecule has 0 aliphatic carbocycles. The van der Waals surface area contributed by atoms with Crippen LogP contribution in [-0.4, -0.2) is 52.3 Å². The van der Waals surface area contributed by atoms with Gasteiger partial charge in [-0.2, -0.15) is 0 Å². The maximum atomic E-state index is 12.0. The van der Waals surface area contributed by atoms with Crippen LogP contribution in [0.4, 0.5) is 4.79 Å². The number of aliphatic hydroxyl groups excluding tert-OH is 2. The van der Waals surface area contributed by atoms with E-state index in [0.29, 0.717) is 12.8 Å². The van der Waals surface area contributed by atoms with Crippen molar-refractivity contribution in [3.05, 3.63) is 35.9 Å². The van der Waals surface area contributed by atoms with Gasteiger partial charge in [-0.15, -0.1) is 0 Å². The van der Waals surface area contributed by atoms with Crippen molar-refractivity contribution in [2.75, 3.05) is 13.2 Å². The van der Waals surface area contributed by atoms with Gasteiger partial charge in [-0.25, -0.2) is 4.79 Å². The van der Waals surface area contributed by atoms with E-state index in [1.807, 2.05) is 30.3 Å². The normalized spacial score (nSPS) is 20.1. The molecule has 1 aromatic carbocycles. The Morgan fingerprint density at radius 3 is 2.60 bits per heavy atom. The number of imide groups is 1. The summed E-state index contributed by atoms with van der Waals surface area (Å²) in [6.45, 7) is -0.658. The molecule has 3 N–H and O–H groups in total. The fourth-order valence-corrected chi connectivity index (χ4v) is 2.17. The fraction of sp³-hybridized carbons (Fsp3) is 0.429. The average molecular weight is 278 g/mol. The number of aliphatic hydroxyl groups is 2. The standard InChI is InChI=1S/C14H18N2O4/c17-9-11(18)8-16-13(19)12(15-14(16)20)7-6-10-4-2-1-3-5-10/h1-5,11-12,17-18H,6-9H2,(H,15,20). The molecule has 6 heteroatoms. The first-order chi connectivity index (χ1) is 9.61. The highest BCUT2D eigenvalue weighted by atomic mass is 16.3. The van der Waals surface area contributed by atoms with Crippen molar-refractivity contribution in [1.29, 1.82) is 0 Å². The van der Waals surface area contributed by atoms with Crippen LogP contribution in [0.3, 0.4) is 0 Å². The highest BCUT2D eigenvalue weighted by Crippen LogP contribution is 2.13. The van der Waals surface area contributed by atoms with Gasteiger partial charge >= 0.3 is 6.03 Å². The molecular weight excluding hydrogens is 260 g/mol. The van der Waals surface area contributed by atoms with E-state index >= 15 is 0 Å². The summed E-state index contributed by atoms with van der Waals surface area (Å²) in [6, 6.07) is 8.63. The van der Waals surface area contributed by atoms with E-state index in [2.05, 4.69) is 5.32 Å². The van der Waals surface area contributed by atoms with Crippen LogP contribution >= 0.6 is 0 Å². The highest BCUT2D eigenvalue weighted by molar-refractivity contribution is 6.04. The van der Waals surface area contributed by atoms with Gasteiger partial charge in [0.15, 0.2) is 0 Å². The number of amides is 3. The number of nitrogens with one attached hydrogen (secondary N) is 1. The molecule has 0 radical (unpaired) electrons. The number of rotatable bonds is 6. The molecule has 0 bridgehead atoms. The molecule has 0 saturated carbocycles. The van der Waals surface area contributed by atoms with E-state index < -0.39 is 24.8 Å². The number of urea groups is 1. The van der Waals surface area contributed by atoms with E-state index in [1.165, 1.54) is 0 Å². The fourth-order valence-electron chi connectivity index (χ4n) is 2.17. The molecule has 20 heavy (non-hydrogen) atoms. The molecule has 1 heterocycles. The second-order valence-electron chi connectivity index (χ2n) is 4.81. The summed E-state index contributed by atoms with van der Waals surface area (Å²) in [5, 5.41) is 20.7. The lowest BCUT2D eigenvalue weighted by atomic mass is 10.1. The van der Waals surface area contributed by atoms with Crippen molar-refractivity contribution >= 4 is 11.9 Å². The van der Waals surface area contributed by atoms with Gasteiger partial charge in [0.1, 0.15) is 6.04 Å². The van der Waals surface area contributed by atoms with Crippen LogP contribution in [0.5, 0.6) is 0 Å². The van der Waals surface area contributed by atoms with E-state index in [9.17, 15) is 14.7 Å². The van der Waals surface area contributed by atoms with Gasteiger partial charge in [0.05, 0.1) is 19.3 Å². The molecule has 1 fully saturated rings. The highest BCUT2D eigenvalue weighted by Gasteiger charge is 2.38. The summed E-state index contributed by atoms with van der Waals surface area (Å²) < 4.78 is 0. The molecule has 1 aromatic rings. The Morgan fingerprint density at radius 2 is 1.95 bits per heavy atom. The van der Waals surface area contributed by atoms with Crippen LogP contribution in [0.25, 0.3) is 0 Å². The molecule has 3 amide bonds. The summed E-state index contributed by atoms with van der Waals surface area (Å²) in [6.07, 6.45) is 0.103. The van der Waals surface area contributed by atoms with Gasteiger partial charge in [0.25, 0.3) is 5.91 Å². The van der Waals surface area contributed by atoms with E-state index in [-0.39, 0.29) is 12.5 Å². The number of β-amino-alcohol motifs (C(OH)–C–C–N with tert-alkyl or cyclic N) is 1. The molecule has 108 valence electrons. The second kappa shape index (κ2) is 6.49. The zero-order chi connectivity index (χ0) is 14.5. The lowest BCUT2D eigenvalue weighted by Crippen LogP contribution is -2.39. The van der Waals surface area contributed by atoms with Crippen LogP contribution in [0, 0.1) is 0 Å². The van der Waals surface area contributed by atoms with Gasteiger partial charge in [0, 0.05) is 0 Å². The second-order valence-corrected chi connectivity index (χ2v) is 4.81. The first-order valence-corrected chi connectivity index (χ1v) is 6.56. The zero-order valence-electron chi connectivity index (χ0n) is 11.0. The van der Waals surface area contributed by atoms with Crippen molar-refractivity contribution in [1.82, 2.24) is 10.2 Å².